The summed E-state index contributed by atoms with van der Waals surface area (Å²) in [5, 5.41) is 0. The number of likely N-dealkylation sites (tertiary alicyclic amines) is 3. The van der Waals surface area contributed by atoms with Gasteiger partial charge in [0.15, 0.2) is 0 Å². The van der Waals surface area contributed by atoms with E-state index >= 15 is 0 Å². The van der Waals surface area contributed by atoms with Crippen LogP contribution in [0.25, 0.3) is 0 Å². The van der Waals surface area contributed by atoms with E-state index in [1.807, 2.05) is 6.26 Å². The predicted molar refractivity (Wildman–Crippen MR) is 87.7 cm³/mol. The van der Waals surface area contributed by atoms with Crippen LogP contribution in [0, 0.1) is 5.92 Å². The van der Waals surface area contributed by atoms with Crippen molar-refractivity contribution in [2.45, 2.75) is 44.3 Å². The fraction of sp³-hybridized carbons (Fsp3) is 0.778. The molecule has 0 bridgehead atoms. The van der Waals surface area contributed by atoms with Crippen LogP contribution < -0.4 is 0 Å². The molecule has 22 heavy (non-hydrogen) atoms. The van der Waals surface area contributed by atoms with E-state index in [1.54, 1.807) is 6.26 Å². The quantitative estimate of drug-likeness (QED) is 0.851. The fourth-order valence-corrected chi connectivity index (χ4v) is 4.90. The first-order valence-electron chi connectivity index (χ1n) is 8.97. The summed E-state index contributed by atoms with van der Waals surface area (Å²) in [7, 11) is 2.37. The van der Waals surface area contributed by atoms with Gasteiger partial charge in [-0.3, -0.25) is 9.80 Å². The highest BCUT2D eigenvalue weighted by Gasteiger charge is 2.42. The molecule has 0 amide bonds. The second kappa shape index (κ2) is 6.34. The molecular formula is C18H29N3O. The molecule has 0 aromatic carbocycles. The Morgan fingerprint density at radius 2 is 2.05 bits per heavy atom. The second-order valence-corrected chi connectivity index (χ2v) is 7.55. The zero-order chi connectivity index (χ0) is 14.9. The van der Waals surface area contributed by atoms with Crippen molar-refractivity contribution in [3.63, 3.8) is 0 Å². The molecule has 3 saturated heterocycles. The number of likely N-dealkylation sites (N-methyl/N-ethyl adjacent to an activating group) is 1. The Labute approximate surface area is 134 Å². The third kappa shape index (κ3) is 2.97. The molecule has 4 nitrogen and oxygen atoms in total. The average molecular weight is 303 g/mol. The van der Waals surface area contributed by atoms with Crippen LogP contribution >= 0.6 is 0 Å². The van der Waals surface area contributed by atoms with Gasteiger partial charge in [0.1, 0.15) is 0 Å². The van der Waals surface area contributed by atoms with Gasteiger partial charge in [-0.15, -0.1) is 0 Å². The van der Waals surface area contributed by atoms with Crippen molar-refractivity contribution in [2.24, 2.45) is 5.92 Å². The molecule has 0 unspecified atom stereocenters. The highest BCUT2D eigenvalue weighted by atomic mass is 16.3. The van der Waals surface area contributed by atoms with Gasteiger partial charge in [0.25, 0.3) is 0 Å². The van der Waals surface area contributed by atoms with E-state index in [-0.39, 0.29) is 0 Å². The molecule has 1 aromatic heterocycles. The monoisotopic (exact) mass is 303 g/mol. The van der Waals surface area contributed by atoms with Gasteiger partial charge in [-0.25, -0.2) is 0 Å². The minimum absolute atomic E-state index is 0.780. The van der Waals surface area contributed by atoms with Crippen molar-refractivity contribution in [3.8, 4) is 0 Å². The van der Waals surface area contributed by atoms with E-state index in [2.05, 4.69) is 27.8 Å². The van der Waals surface area contributed by atoms with Crippen LogP contribution in [0.2, 0.25) is 0 Å². The van der Waals surface area contributed by atoms with Crippen LogP contribution in [0.1, 0.15) is 31.2 Å². The Morgan fingerprint density at radius 1 is 1.18 bits per heavy atom. The van der Waals surface area contributed by atoms with Crippen LogP contribution in [0.5, 0.6) is 0 Å². The molecule has 0 spiro atoms. The molecule has 3 atom stereocenters. The topological polar surface area (TPSA) is 22.9 Å². The second-order valence-electron chi connectivity index (χ2n) is 7.55. The lowest BCUT2D eigenvalue weighted by Crippen LogP contribution is -2.46. The summed E-state index contributed by atoms with van der Waals surface area (Å²) in [6.45, 7) is 7.49. The molecule has 4 rings (SSSR count). The molecule has 4 heterocycles. The van der Waals surface area contributed by atoms with Crippen LogP contribution in [0.15, 0.2) is 23.0 Å². The first-order valence-corrected chi connectivity index (χ1v) is 8.97. The van der Waals surface area contributed by atoms with Gasteiger partial charge in [-0.2, -0.15) is 0 Å². The Balaban J connectivity index is 1.34. The molecule has 0 saturated carbocycles. The van der Waals surface area contributed by atoms with Crippen LogP contribution in [-0.4, -0.2) is 66.6 Å². The fourth-order valence-electron chi connectivity index (χ4n) is 4.90. The van der Waals surface area contributed by atoms with Crippen molar-refractivity contribution in [1.29, 1.82) is 0 Å². The van der Waals surface area contributed by atoms with Gasteiger partial charge in [0, 0.05) is 37.3 Å². The summed E-state index contributed by atoms with van der Waals surface area (Å²) < 4.78 is 5.21. The van der Waals surface area contributed by atoms with Gasteiger partial charge in [-0.05, 0) is 64.3 Å². The van der Waals surface area contributed by atoms with Gasteiger partial charge in [0.05, 0.1) is 12.5 Å². The maximum atomic E-state index is 5.21. The maximum absolute atomic E-state index is 5.21. The van der Waals surface area contributed by atoms with Gasteiger partial charge in [-0.1, -0.05) is 0 Å². The largest absolute Gasteiger partial charge is 0.472 e. The van der Waals surface area contributed by atoms with Crippen molar-refractivity contribution in [1.82, 2.24) is 14.7 Å². The molecule has 3 aliphatic rings. The van der Waals surface area contributed by atoms with E-state index in [0.717, 1.165) is 24.5 Å². The minimum atomic E-state index is 0.780. The Kier molecular flexibility index (Phi) is 4.25. The Morgan fingerprint density at radius 3 is 2.82 bits per heavy atom. The number of hydrogen-bond donors (Lipinski definition) is 0. The van der Waals surface area contributed by atoms with Crippen molar-refractivity contribution >= 4 is 0 Å². The summed E-state index contributed by atoms with van der Waals surface area (Å²) in [5.74, 6) is 0.859. The van der Waals surface area contributed by atoms with Gasteiger partial charge < -0.3 is 9.32 Å². The molecule has 122 valence electrons. The number of rotatable bonds is 4. The molecular weight excluding hydrogens is 274 g/mol. The first-order chi connectivity index (χ1) is 10.8. The molecule has 0 radical (unpaired) electrons. The summed E-state index contributed by atoms with van der Waals surface area (Å²) in [6, 6.07) is 3.69. The van der Waals surface area contributed by atoms with E-state index in [0.29, 0.717) is 0 Å². The molecule has 3 fully saturated rings. The van der Waals surface area contributed by atoms with E-state index in [1.165, 1.54) is 64.0 Å². The van der Waals surface area contributed by atoms with Crippen molar-refractivity contribution < 1.29 is 4.42 Å². The maximum Gasteiger partial charge on any atom is 0.0947 e. The van der Waals surface area contributed by atoms with E-state index in [9.17, 15) is 0 Å². The number of nitrogens with zero attached hydrogens (tertiary/aromatic N) is 3. The lowest BCUT2D eigenvalue weighted by molar-refractivity contribution is 0.107. The minimum Gasteiger partial charge on any atom is -0.472 e. The van der Waals surface area contributed by atoms with Crippen LogP contribution in [0.3, 0.4) is 0 Å². The number of hydrogen-bond acceptors (Lipinski definition) is 4. The van der Waals surface area contributed by atoms with Gasteiger partial charge in [0.2, 0.25) is 0 Å². The molecule has 4 heteroatoms. The highest BCUT2D eigenvalue weighted by Crippen LogP contribution is 2.35. The SMILES string of the molecule is CN1[C@H](CN2CCCC2)C[C@@H]2CN(Cc3ccoc3)CC[C@@H]21. The Hall–Kier alpha value is -0.840. The standard InChI is InChI=1S/C18H29N3O/c1-19-17(13-20-6-2-3-7-20)10-16-12-21(8-4-18(16)19)11-15-5-9-22-14-15/h5,9,14,16-18H,2-4,6-8,10-13H2,1H3/t16-,17+,18+/m1/s1. The zero-order valence-corrected chi connectivity index (χ0v) is 13.8. The van der Waals surface area contributed by atoms with E-state index < -0.39 is 0 Å². The van der Waals surface area contributed by atoms with Crippen molar-refractivity contribution in [2.75, 3.05) is 39.8 Å². The third-order valence-corrected chi connectivity index (χ3v) is 6.11. The van der Waals surface area contributed by atoms with Crippen LogP contribution in [0.4, 0.5) is 0 Å². The number of furan rings is 1. The zero-order valence-electron chi connectivity index (χ0n) is 13.8. The van der Waals surface area contributed by atoms with Gasteiger partial charge >= 0.3 is 0 Å². The summed E-state index contributed by atoms with van der Waals surface area (Å²) in [4.78, 5) is 8.01. The Bertz CT molecular complexity index is 469. The molecule has 3 aliphatic heterocycles. The van der Waals surface area contributed by atoms with Crippen molar-refractivity contribution in [3.05, 3.63) is 24.2 Å². The number of fused-ring (bicyclic) bond motifs is 1. The summed E-state index contributed by atoms with van der Waals surface area (Å²) >= 11 is 0. The molecule has 1 aromatic rings. The highest BCUT2D eigenvalue weighted by molar-refractivity contribution is 5.06. The lowest BCUT2D eigenvalue weighted by Gasteiger charge is -2.37. The first kappa shape index (κ1) is 14.7. The lowest BCUT2D eigenvalue weighted by atomic mass is 9.92. The molecule has 0 aliphatic carbocycles. The third-order valence-electron chi connectivity index (χ3n) is 6.11. The number of piperidine rings is 1. The smallest absolute Gasteiger partial charge is 0.0947 e. The summed E-state index contributed by atoms with van der Waals surface area (Å²) in [6.07, 6.45) is 9.21. The summed E-state index contributed by atoms with van der Waals surface area (Å²) in [5.41, 5.74) is 1.32. The molecule has 0 N–H and O–H groups in total. The van der Waals surface area contributed by atoms with Crippen LogP contribution in [-0.2, 0) is 6.54 Å². The van der Waals surface area contributed by atoms with E-state index in [4.69, 9.17) is 4.42 Å². The predicted octanol–water partition coefficient (Wildman–Crippen LogP) is 2.27. The average Bonchev–Trinajstić information content (AvgIpc) is 3.24. The normalized spacial score (nSPS) is 34.3.